The van der Waals surface area contributed by atoms with Gasteiger partial charge in [-0.25, -0.2) is 0 Å². The molecule has 1 heterocycles. The van der Waals surface area contributed by atoms with E-state index >= 15 is 0 Å². The Labute approximate surface area is 93.6 Å². The van der Waals surface area contributed by atoms with Crippen molar-refractivity contribution in [1.29, 1.82) is 0 Å². The molecule has 1 rings (SSSR count). The zero-order valence-corrected chi connectivity index (χ0v) is 10.0. The summed E-state index contributed by atoms with van der Waals surface area (Å²) in [6.07, 6.45) is 1.34. The summed E-state index contributed by atoms with van der Waals surface area (Å²) in [5.41, 5.74) is 0.100. The summed E-state index contributed by atoms with van der Waals surface area (Å²) in [5.74, 6) is 0.000556. The molecule has 0 amide bonds. The zero-order chi connectivity index (χ0) is 11.6. The lowest BCUT2D eigenvalue weighted by Crippen LogP contribution is -2.20. The molecule has 0 saturated carbocycles. The fourth-order valence-electron chi connectivity index (χ4n) is 1.49. The highest BCUT2D eigenvalue weighted by Gasteiger charge is 2.13. The van der Waals surface area contributed by atoms with Crippen LogP contribution in [0.5, 0.6) is 5.88 Å². The highest BCUT2D eigenvalue weighted by atomic mass is 32.1. The molecule has 0 saturated heterocycles. The molecule has 0 aromatic carbocycles. The number of hydrogen-bond donors (Lipinski definition) is 2. The van der Waals surface area contributed by atoms with Crippen molar-refractivity contribution in [2.24, 2.45) is 0 Å². The van der Waals surface area contributed by atoms with Crippen molar-refractivity contribution in [3.63, 3.8) is 0 Å². The summed E-state index contributed by atoms with van der Waals surface area (Å²) >= 11 is 5.02. The summed E-state index contributed by atoms with van der Waals surface area (Å²) in [5, 5.41) is 9.93. The van der Waals surface area contributed by atoms with Gasteiger partial charge in [-0.3, -0.25) is 14.3 Å². The Hall–Kier alpha value is -1.10. The third kappa shape index (κ3) is 2.12. The predicted molar refractivity (Wildman–Crippen MR) is 61.9 cm³/mol. The topological polar surface area (TPSA) is 58.0 Å². The Morgan fingerprint density at radius 1 is 1.53 bits per heavy atom. The van der Waals surface area contributed by atoms with Crippen LogP contribution in [0.15, 0.2) is 4.79 Å². The number of nitrogens with one attached hydrogen (secondary N) is 1. The van der Waals surface area contributed by atoms with Gasteiger partial charge in [-0.05, 0) is 32.0 Å². The van der Waals surface area contributed by atoms with E-state index in [-0.39, 0.29) is 22.3 Å². The molecule has 1 aromatic rings. The lowest BCUT2D eigenvalue weighted by molar-refractivity contribution is 0.366. The molecule has 0 aliphatic heterocycles. The SMILES string of the molecule is CCc1c(O)n([C@H](C)CC)c(=S)[nH]c1=O. The zero-order valence-electron chi connectivity index (χ0n) is 9.20. The van der Waals surface area contributed by atoms with E-state index in [0.29, 0.717) is 12.0 Å². The Balaban J connectivity index is 3.53. The van der Waals surface area contributed by atoms with Crippen LogP contribution in [0.4, 0.5) is 0 Å². The fraction of sp³-hybridized carbons (Fsp3) is 0.600. The molecule has 0 spiro atoms. The quantitative estimate of drug-likeness (QED) is 0.779. The van der Waals surface area contributed by atoms with E-state index in [1.165, 1.54) is 0 Å². The molecule has 15 heavy (non-hydrogen) atoms. The first-order valence-electron chi connectivity index (χ1n) is 5.09. The minimum Gasteiger partial charge on any atom is -0.494 e. The van der Waals surface area contributed by atoms with Crippen LogP contribution >= 0.6 is 12.2 Å². The normalized spacial score (nSPS) is 12.7. The third-order valence-corrected chi connectivity index (χ3v) is 2.90. The third-order valence-electron chi connectivity index (χ3n) is 2.60. The van der Waals surface area contributed by atoms with Crippen LogP contribution in [0.3, 0.4) is 0 Å². The predicted octanol–water partition coefficient (Wildman–Crippen LogP) is 2.14. The Kier molecular flexibility index (Phi) is 3.68. The number of hydrogen-bond acceptors (Lipinski definition) is 3. The first kappa shape index (κ1) is 12.0. The fourth-order valence-corrected chi connectivity index (χ4v) is 1.85. The van der Waals surface area contributed by atoms with Crippen molar-refractivity contribution in [2.45, 2.75) is 39.7 Å². The van der Waals surface area contributed by atoms with Gasteiger partial charge in [-0.2, -0.15) is 0 Å². The molecule has 0 unspecified atom stereocenters. The van der Waals surface area contributed by atoms with Crippen LogP contribution in [-0.2, 0) is 6.42 Å². The first-order valence-corrected chi connectivity index (χ1v) is 5.50. The first-order chi connectivity index (χ1) is 7.02. The molecule has 0 fully saturated rings. The second kappa shape index (κ2) is 4.61. The molecule has 1 aromatic heterocycles. The van der Waals surface area contributed by atoms with Gasteiger partial charge in [0.15, 0.2) is 4.77 Å². The lowest BCUT2D eigenvalue weighted by atomic mass is 10.2. The smallest absolute Gasteiger partial charge is 0.258 e. The standard InChI is InChI=1S/C10H16N2O2S/c1-4-6(3)12-9(14)7(5-2)8(13)11-10(12)15/h6,14H,4-5H2,1-3H3,(H,11,13,15)/t6-/m1/s1. The maximum absolute atomic E-state index is 11.5. The molecular weight excluding hydrogens is 212 g/mol. The van der Waals surface area contributed by atoms with Crippen LogP contribution in [0.2, 0.25) is 0 Å². The van der Waals surface area contributed by atoms with Gasteiger partial charge in [-0.15, -0.1) is 0 Å². The van der Waals surface area contributed by atoms with Crippen molar-refractivity contribution in [3.8, 4) is 5.88 Å². The van der Waals surface area contributed by atoms with Crippen molar-refractivity contribution < 1.29 is 5.11 Å². The summed E-state index contributed by atoms with van der Waals surface area (Å²) in [4.78, 5) is 14.0. The number of aromatic hydroxyl groups is 1. The maximum Gasteiger partial charge on any atom is 0.258 e. The highest BCUT2D eigenvalue weighted by Crippen LogP contribution is 2.20. The minimum atomic E-state index is -0.292. The van der Waals surface area contributed by atoms with Crippen LogP contribution in [-0.4, -0.2) is 14.7 Å². The van der Waals surface area contributed by atoms with E-state index in [0.717, 1.165) is 6.42 Å². The second-order valence-electron chi connectivity index (χ2n) is 3.54. The number of nitrogens with zero attached hydrogens (tertiary/aromatic N) is 1. The van der Waals surface area contributed by atoms with Gasteiger partial charge in [0.25, 0.3) is 5.56 Å². The Morgan fingerprint density at radius 3 is 2.60 bits per heavy atom. The molecule has 0 aliphatic carbocycles. The van der Waals surface area contributed by atoms with Crippen molar-refractivity contribution in [3.05, 3.63) is 20.7 Å². The van der Waals surface area contributed by atoms with Crippen LogP contribution < -0.4 is 5.56 Å². The van der Waals surface area contributed by atoms with Gasteiger partial charge < -0.3 is 5.11 Å². The van der Waals surface area contributed by atoms with Crippen LogP contribution in [0.1, 0.15) is 38.8 Å². The van der Waals surface area contributed by atoms with E-state index < -0.39 is 0 Å². The van der Waals surface area contributed by atoms with E-state index in [4.69, 9.17) is 12.2 Å². The van der Waals surface area contributed by atoms with Crippen LogP contribution in [0.25, 0.3) is 0 Å². The van der Waals surface area contributed by atoms with Gasteiger partial charge in [0.1, 0.15) is 0 Å². The molecular formula is C10H16N2O2S. The summed E-state index contributed by atoms with van der Waals surface area (Å²) in [7, 11) is 0. The summed E-state index contributed by atoms with van der Waals surface area (Å²) in [6, 6.07) is 0.0830. The van der Waals surface area contributed by atoms with Gasteiger partial charge in [0.05, 0.1) is 5.56 Å². The number of H-pyrrole nitrogens is 1. The van der Waals surface area contributed by atoms with Gasteiger partial charge in [0.2, 0.25) is 5.88 Å². The molecule has 0 radical (unpaired) electrons. The van der Waals surface area contributed by atoms with Gasteiger partial charge in [-0.1, -0.05) is 13.8 Å². The number of aromatic amines is 1. The second-order valence-corrected chi connectivity index (χ2v) is 3.93. The Bertz CT molecular complexity index is 461. The summed E-state index contributed by atoms with van der Waals surface area (Å²) < 4.78 is 1.87. The minimum absolute atomic E-state index is 0.000556. The maximum atomic E-state index is 11.5. The number of aromatic nitrogens is 2. The van der Waals surface area contributed by atoms with Crippen molar-refractivity contribution in [1.82, 2.24) is 9.55 Å². The largest absolute Gasteiger partial charge is 0.494 e. The van der Waals surface area contributed by atoms with E-state index in [1.807, 2.05) is 20.8 Å². The van der Waals surface area contributed by atoms with Gasteiger partial charge >= 0.3 is 0 Å². The average Bonchev–Trinajstić information content (AvgIpc) is 2.17. The van der Waals surface area contributed by atoms with Crippen LogP contribution in [0, 0.1) is 4.77 Å². The summed E-state index contributed by atoms with van der Waals surface area (Å²) in [6.45, 7) is 5.78. The Morgan fingerprint density at radius 2 is 2.13 bits per heavy atom. The van der Waals surface area contributed by atoms with Crippen molar-refractivity contribution >= 4 is 12.2 Å². The van der Waals surface area contributed by atoms with E-state index in [2.05, 4.69) is 4.98 Å². The molecule has 1 atom stereocenters. The molecule has 4 nitrogen and oxygen atoms in total. The monoisotopic (exact) mass is 228 g/mol. The molecule has 84 valence electrons. The average molecular weight is 228 g/mol. The molecule has 0 bridgehead atoms. The van der Waals surface area contributed by atoms with Gasteiger partial charge in [0, 0.05) is 6.04 Å². The van der Waals surface area contributed by atoms with E-state index in [9.17, 15) is 9.90 Å². The van der Waals surface area contributed by atoms with E-state index in [1.54, 1.807) is 4.57 Å². The number of rotatable bonds is 3. The lowest BCUT2D eigenvalue weighted by Gasteiger charge is -2.17. The molecule has 0 aliphatic rings. The molecule has 5 heteroatoms. The van der Waals surface area contributed by atoms with Crippen molar-refractivity contribution in [2.75, 3.05) is 0 Å². The molecule has 2 N–H and O–H groups in total. The highest BCUT2D eigenvalue weighted by molar-refractivity contribution is 7.71.